The molecule has 8 heteroatoms. The van der Waals surface area contributed by atoms with E-state index in [1.807, 2.05) is 24.3 Å². The third kappa shape index (κ3) is 4.11. The monoisotopic (exact) mass is 438 g/mol. The molecule has 1 unspecified atom stereocenters. The molecule has 0 radical (unpaired) electrons. The van der Waals surface area contributed by atoms with E-state index in [1.54, 1.807) is 7.11 Å². The normalized spacial score (nSPS) is 17.3. The van der Waals surface area contributed by atoms with E-state index in [2.05, 4.69) is 47.4 Å². The molecule has 4 rings (SSSR count). The Hall–Kier alpha value is -2.87. The van der Waals surface area contributed by atoms with Crippen LogP contribution in [0.4, 0.5) is 5.95 Å². The number of benzene rings is 1. The minimum Gasteiger partial charge on any atom is -0.497 e. The molecule has 3 heterocycles. The average Bonchev–Trinajstić information content (AvgIpc) is 3.44. The molecule has 1 atom stereocenters. The van der Waals surface area contributed by atoms with Crippen LogP contribution in [0.15, 0.2) is 29.3 Å². The van der Waals surface area contributed by atoms with Crippen LogP contribution in [0.25, 0.3) is 11.0 Å². The molecule has 0 amide bonds. The molecule has 1 saturated heterocycles. The minimum atomic E-state index is 0.0776. The number of aliphatic hydroxyl groups excluding tert-OH is 1. The zero-order valence-corrected chi connectivity index (χ0v) is 19.7. The first-order valence-corrected chi connectivity index (χ1v) is 11.5. The van der Waals surface area contributed by atoms with Gasteiger partial charge in [0.15, 0.2) is 11.0 Å². The number of fused-ring (bicyclic) bond motifs is 1. The molecule has 2 N–H and O–H groups in total. The Labute approximate surface area is 189 Å². The van der Waals surface area contributed by atoms with Crippen molar-refractivity contribution < 1.29 is 9.84 Å². The molecule has 3 aromatic rings. The maximum atomic E-state index is 9.98. The van der Waals surface area contributed by atoms with Crippen molar-refractivity contribution in [2.24, 2.45) is 4.99 Å². The van der Waals surface area contributed by atoms with Gasteiger partial charge in [-0.3, -0.25) is 10.1 Å². The number of ether oxygens (including phenoxy) is 1. The minimum absolute atomic E-state index is 0.0776. The number of rotatable bonds is 7. The molecule has 1 aliphatic heterocycles. The lowest BCUT2D eigenvalue weighted by atomic mass is 10.1. The topological polar surface area (TPSA) is 91.6 Å². The van der Waals surface area contributed by atoms with Crippen LogP contribution >= 0.6 is 0 Å². The summed E-state index contributed by atoms with van der Waals surface area (Å²) in [5, 5.41) is 17.9. The van der Waals surface area contributed by atoms with Gasteiger partial charge in [0, 0.05) is 12.6 Å². The fraction of sp³-hybridized carbons (Fsp3) is 0.542. The third-order valence-electron chi connectivity index (χ3n) is 6.15. The quantitative estimate of drug-likeness (QED) is 0.589. The number of hydrogen-bond acceptors (Lipinski definition) is 6. The maximum absolute atomic E-state index is 9.98. The number of aromatic amines is 1. The number of aliphatic hydroxyl groups is 1. The van der Waals surface area contributed by atoms with E-state index in [-0.39, 0.29) is 24.6 Å². The molecule has 0 spiro atoms. The van der Waals surface area contributed by atoms with E-state index >= 15 is 0 Å². The molecule has 2 aromatic heterocycles. The Balaban J connectivity index is 1.91. The zero-order chi connectivity index (χ0) is 22.8. The highest BCUT2D eigenvalue weighted by Crippen LogP contribution is 2.31. The molecule has 0 aliphatic carbocycles. The van der Waals surface area contributed by atoms with E-state index in [9.17, 15) is 5.11 Å². The average molecular weight is 439 g/mol. The maximum Gasteiger partial charge on any atom is 0.208 e. The molecule has 1 aromatic carbocycles. The predicted molar refractivity (Wildman–Crippen MR) is 126 cm³/mol. The van der Waals surface area contributed by atoms with Crippen LogP contribution in [0.2, 0.25) is 0 Å². The van der Waals surface area contributed by atoms with Gasteiger partial charge in [-0.15, -0.1) is 0 Å². The largest absolute Gasteiger partial charge is 0.497 e. The first-order chi connectivity index (χ1) is 15.4. The van der Waals surface area contributed by atoms with E-state index in [0.29, 0.717) is 12.0 Å². The summed E-state index contributed by atoms with van der Waals surface area (Å²) >= 11 is 0. The molecular weight excluding hydrogens is 404 g/mol. The van der Waals surface area contributed by atoms with Crippen molar-refractivity contribution in [3.05, 3.63) is 41.0 Å². The Kier molecular flexibility index (Phi) is 6.50. The molecular formula is C24H34N6O2. The first kappa shape index (κ1) is 22.3. The third-order valence-corrected chi connectivity index (χ3v) is 6.15. The van der Waals surface area contributed by atoms with Crippen LogP contribution in [0.5, 0.6) is 5.75 Å². The van der Waals surface area contributed by atoms with Crippen molar-refractivity contribution in [1.82, 2.24) is 19.7 Å². The Morgan fingerprint density at radius 3 is 2.59 bits per heavy atom. The Morgan fingerprint density at radius 2 is 1.97 bits per heavy atom. The molecule has 32 heavy (non-hydrogen) atoms. The fourth-order valence-electron chi connectivity index (χ4n) is 4.44. The Morgan fingerprint density at radius 1 is 1.22 bits per heavy atom. The number of anilines is 1. The summed E-state index contributed by atoms with van der Waals surface area (Å²) in [4.78, 5) is 12.1. The van der Waals surface area contributed by atoms with Gasteiger partial charge in [0.05, 0.1) is 37.5 Å². The number of nitrogens with one attached hydrogen (secondary N) is 1. The Bertz CT molecular complexity index is 1130. The van der Waals surface area contributed by atoms with Gasteiger partial charge in [0.2, 0.25) is 5.95 Å². The summed E-state index contributed by atoms with van der Waals surface area (Å²) in [6.07, 6.45) is 2.01. The van der Waals surface area contributed by atoms with Gasteiger partial charge in [-0.05, 0) is 50.3 Å². The van der Waals surface area contributed by atoms with E-state index < -0.39 is 0 Å². The number of hydrogen-bond donors (Lipinski definition) is 2. The van der Waals surface area contributed by atoms with E-state index in [0.717, 1.165) is 53.4 Å². The number of aromatic nitrogens is 4. The van der Waals surface area contributed by atoms with Crippen LogP contribution in [-0.2, 0) is 6.54 Å². The zero-order valence-electron chi connectivity index (χ0n) is 19.7. The molecule has 0 bridgehead atoms. The molecule has 1 fully saturated rings. The van der Waals surface area contributed by atoms with Crippen molar-refractivity contribution in [2.45, 2.75) is 65.1 Å². The molecule has 1 aliphatic rings. The van der Waals surface area contributed by atoms with Gasteiger partial charge >= 0.3 is 0 Å². The summed E-state index contributed by atoms with van der Waals surface area (Å²) in [7, 11) is 1.66. The first-order valence-electron chi connectivity index (χ1n) is 11.5. The van der Waals surface area contributed by atoms with Gasteiger partial charge in [0.1, 0.15) is 5.75 Å². The lowest BCUT2D eigenvalue weighted by Gasteiger charge is -2.29. The van der Waals surface area contributed by atoms with Crippen LogP contribution in [0.3, 0.4) is 0 Å². The highest BCUT2D eigenvalue weighted by atomic mass is 16.5. The highest BCUT2D eigenvalue weighted by molar-refractivity contribution is 5.79. The van der Waals surface area contributed by atoms with Gasteiger partial charge < -0.3 is 19.3 Å². The lowest BCUT2D eigenvalue weighted by Crippen LogP contribution is -2.37. The van der Waals surface area contributed by atoms with Gasteiger partial charge in [0.25, 0.3) is 0 Å². The van der Waals surface area contributed by atoms with Gasteiger partial charge in [-0.2, -0.15) is 10.1 Å². The van der Waals surface area contributed by atoms with Gasteiger partial charge in [-0.1, -0.05) is 26.0 Å². The second-order valence-corrected chi connectivity index (χ2v) is 9.02. The van der Waals surface area contributed by atoms with E-state index in [1.165, 1.54) is 0 Å². The summed E-state index contributed by atoms with van der Waals surface area (Å²) in [5.41, 5.74) is 4.64. The molecule has 0 saturated carbocycles. The van der Waals surface area contributed by atoms with E-state index in [4.69, 9.17) is 14.7 Å². The lowest BCUT2D eigenvalue weighted by molar-refractivity contribution is 0.265. The number of nitrogens with zero attached hydrogens (tertiary/aromatic N) is 5. The molecule has 8 nitrogen and oxygen atoms in total. The number of H-pyrrole nitrogens is 1. The SMILES string of the molecule is COc1ccc(CN=c2nc(N3CCCC3CO)n(C(C)C)c3c(C(C)C)[nH]nc23)cc1. The predicted octanol–water partition coefficient (Wildman–Crippen LogP) is 3.53. The summed E-state index contributed by atoms with van der Waals surface area (Å²) < 4.78 is 7.52. The van der Waals surface area contributed by atoms with Crippen LogP contribution in [-0.4, -0.2) is 51.2 Å². The standard InChI is InChI=1S/C24H34N6O2/c1-15(2)20-22-21(28-27-20)23(25-13-17-8-10-19(32-5)11-9-17)26-24(30(22)16(3)4)29-12-6-7-18(29)14-31/h8-11,15-16,18,31H,6-7,12-14H2,1-5H3,(H,27,28). The second kappa shape index (κ2) is 9.32. The van der Waals surface area contributed by atoms with Crippen molar-refractivity contribution in [2.75, 3.05) is 25.2 Å². The highest BCUT2D eigenvalue weighted by Gasteiger charge is 2.30. The fourth-order valence-corrected chi connectivity index (χ4v) is 4.44. The summed E-state index contributed by atoms with van der Waals surface area (Å²) in [6.45, 7) is 10.2. The summed E-state index contributed by atoms with van der Waals surface area (Å²) in [5.74, 6) is 1.97. The van der Waals surface area contributed by atoms with Crippen LogP contribution < -0.4 is 15.1 Å². The van der Waals surface area contributed by atoms with Crippen LogP contribution in [0, 0.1) is 0 Å². The number of methoxy groups -OCH3 is 1. The second-order valence-electron chi connectivity index (χ2n) is 9.02. The smallest absolute Gasteiger partial charge is 0.208 e. The van der Waals surface area contributed by atoms with Crippen molar-refractivity contribution in [3.63, 3.8) is 0 Å². The van der Waals surface area contributed by atoms with Gasteiger partial charge in [-0.25, -0.2) is 0 Å². The molecule has 172 valence electrons. The van der Waals surface area contributed by atoms with Crippen molar-refractivity contribution in [1.29, 1.82) is 0 Å². The summed E-state index contributed by atoms with van der Waals surface area (Å²) in [6, 6.07) is 8.19. The van der Waals surface area contributed by atoms with Crippen LogP contribution in [0.1, 0.15) is 63.8 Å². The van der Waals surface area contributed by atoms with Crippen molar-refractivity contribution in [3.8, 4) is 5.75 Å². The van der Waals surface area contributed by atoms with Crippen molar-refractivity contribution >= 4 is 17.0 Å².